The van der Waals surface area contributed by atoms with Gasteiger partial charge in [-0.25, -0.2) is 4.79 Å². The van der Waals surface area contributed by atoms with E-state index in [9.17, 15) is 9.59 Å². The number of aliphatic carboxylic acids is 1. The van der Waals surface area contributed by atoms with Gasteiger partial charge in [-0.3, -0.25) is 4.79 Å². The number of amides is 1. The molecule has 1 aromatic rings. The summed E-state index contributed by atoms with van der Waals surface area (Å²) in [6.45, 7) is 0.279. The Labute approximate surface area is 124 Å². The summed E-state index contributed by atoms with van der Waals surface area (Å²) in [7, 11) is 1.49. The minimum Gasteiger partial charge on any atom is -0.480 e. The first-order chi connectivity index (χ1) is 10.0. The SMILES string of the molecule is COCCC(NC(=O)CCC(N)c1ccccc1)C(=O)O. The van der Waals surface area contributed by atoms with Crippen LogP contribution in [0.4, 0.5) is 0 Å². The zero-order valence-corrected chi connectivity index (χ0v) is 12.1. The van der Waals surface area contributed by atoms with Crippen molar-refractivity contribution in [1.82, 2.24) is 5.32 Å². The van der Waals surface area contributed by atoms with Crippen LogP contribution in [0.5, 0.6) is 0 Å². The van der Waals surface area contributed by atoms with Crippen LogP contribution in [0.2, 0.25) is 0 Å². The average Bonchev–Trinajstić information content (AvgIpc) is 2.49. The number of nitrogens with one attached hydrogen (secondary N) is 1. The highest BCUT2D eigenvalue weighted by molar-refractivity contribution is 5.83. The van der Waals surface area contributed by atoms with E-state index in [0.717, 1.165) is 5.56 Å². The van der Waals surface area contributed by atoms with Gasteiger partial charge in [-0.15, -0.1) is 0 Å². The molecule has 0 bridgehead atoms. The number of hydrogen-bond donors (Lipinski definition) is 3. The standard InChI is InChI=1S/C15H22N2O4/c1-21-10-9-13(15(19)20)17-14(18)8-7-12(16)11-5-3-2-4-6-11/h2-6,12-13H,7-10,16H2,1H3,(H,17,18)(H,19,20). The summed E-state index contributed by atoms with van der Waals surface area (Å²) in [4.78, 5) is 22.8. The Hall–Kier alpha value is -1.92. The zero-order chi connectivity index (χ0) is 15.7. The zero-order valence-electron chi connectivity index (χ0n) is 12.1. The van der Waals surface area contributed by atoms with E-state index in [1.165, 1.54) is 7.11 Å². The van der Waals surface area contributed by atoms with Gasteiger partial charge < -0.3 is 20.9 Å². The third-order valence-electron chi connectivity index (χ3n) is 3.15. The van der Waals surface area contributed by atoms with Gasteiger partial charge in [0.25, 0.3) is 0 Å². The van der Waals surface area contributed by atoms with Gasteiger partial charge in [0.1, 0.15) is 6.04 Å². The molecule has 21 heavy (non-hydrogen) atoms. The molecule has 0 heterocycles. The van der Waals surface area contributed by atoms with Crippen LogP contribution in [0, 0.1) is 0 Å². The van der Waals surface area contributed by atoms with Crippen LogP contribution in [0.1, 0.15) is 30.9 Å². The lowest BCUT2D eigenvalue weighted by Gasteiger charge is -2.15. The Bertz CT molecular complexity index is 450. The third kappa shape index (κ3) is 6.37. The van der Waals surface area contributed by atoms with E-state index in [0.29, 0.717) is 6.42 Å². The number of nitrogens with two attached hydrogens (primary N) is 1. The molecule has 0 radical (unpaired) electrons. The molecule has 0 fully saturated rings. The van der Waals surface area contributed by atoms with E-state index in [1.807, 2.05) is 30.3 Å². The summed E-state index contributed by atoms with van der Waals surface area (Å²) < 4.78 is 4.83. The molecule has 0 aliphatic rings. The van der Waals surface area contributed by atoms with E-state index < -0.39 is 12.0 Å². The predicted octanol–water partition coefficient (Wildman–Crippen LogP) is 1.07. The highest BCUT2D eigenvalue weighted by Crippen LogP contribution is 2.14. The lowest BCUT2D eigenvalue weighted by Crippen LogP contribution is -2.41. The summed E-state index contributed by atoms with van der Waals surface area (Å²) in [5.41, 5.74) is 6.96. The Morgan fingerprint density at radius 2 is 1.95 bits per heavy atom. The van der Waals surface area contributed by atoms with Crippen molar-refractivity contribution < 1.29 is 19.4 Å². The first kappa shape index (κ1) is 17.1. The van der Waals surface area contributed by atoms with Gasteiger partial charge >= 0.3 is 5.97 Å². The second-order valence-corrected chi connectivity index (χ2v) is 4.80. The Morgan fingerprint density at radius 3 is 2.52 bits per heavy atom. The quantitative estimate of drug-likeness (QED) is 0.632. The van der Waals surface area contributed by atoms with Gasteiger partial charge in [-0.1, -0.05) is 30.3 Å². The minimum absolute atomic E-state index is 0.187. The van der Waals surface area contributed by atoms with Crippen LogP contribution in [0.15, 0.2) is 30.3 Å². The molecule has 2 atom stereocenters. The van der Waals surface area contributed by atoms with Gasteiger partial charge in [0, 0.05) is 32.6 Å². The maximum Gasteiger partial charge on any atom is 0.326 e. The largest absolute Gasteiger partial charge is 0.480 e. The number of carboxylic acid groups (broad SMARTS) is 1. The van der Waals surface area contributed by atoms with Crippen molar-refractivity contribution in [1.29, 1.82) is 0 Å². The fourth-order valence-electron chi connectivity index (χ4n) is 1.91. The lowest BCUT2D eigenvalue weighted by atomic mass is 10.0. The van der Waals surface area contributed by atoms with Crippen LogP contribution in [-0.2, 0) is 14.3 Å². The second kappa shape index (κ2) is 9.10. The van der Waals surface area contributed by atoms with Crippen molar-refractivity contribution in [2.24, 2.45) is 5.73 Å². The lowest BCUT2D eigenvalue weighted by molar-refractivity contribution is -0.142. The number of methoxy groups -OCH3 is 1. The van der Waals surface area contributed by atoms with E-state index in [1.54, 1.807) is 0 Å². The van der Waals surface area contributed by atoms with Crippen LogP contribution >= 0.6 is 0 Å². The predicted molar refractivity (Wildman–Crippen MR) is 78.7 cm³/mol. The highest BCUT2D eigenvalue weighted by Gasteiger charge is 2.19. The molecule has 0 spiro atoms. The number of carbonyl (C=O) groups is 2. The van der Waals surface area contributed by atoms with E-state index >= 15 is 0 Å². The highest BCUT2D eigenvalue weighted by atomic mass is 16.5. The van der Waals surface area contributed by atoms with Gasteiger partial charge in [0.2, 0.25) is 5.91 Å². The average molecular weight is 294 g/mol. The van der Waals surface area contributed by atoms with Gasteiger partial charge in [0.05, 0.1) is 0 Å². The first-order valence-electron chi connectivity index (χ1n) is 6.86. The van der Waals surface area contributed by atoms with Crippen molar-refractivity contribution in [3.05, 3.63) is 35.9 Å². The molecule has 1 rings (SSSR count). The van der Waals surface area contributed by atoms with Crippen LogP contribution < -0.4 is 11.1 Å². The van der Waals surface area contributed by atoms with Crippen LogP contribution in [0.25, 0.3) is 0 Å². The molecule has 1 aromatic carbocycles. The topological polar surface area (TPSA) is 102 Å². The third-order valence-corrected chi connectivity index (χ3v) is 3.15. The van der Waals surface area contributed by atoms with Crippen molar-refractivity contribution in [3.63, 3.8) is 0 Å². The normalized spacial score (nSPS) is 13.4. The van der Waals surface area contributed by atoms with Crippen molar-refractivity contribution >= 4 is 11.9 Å². The number of rotatable bonds is 9. The number of ether oxygens (including phenoxy) is 1. The van der Waals surface area contributed by atoms with Gasteiger partial charge in [-0.05, 0) is 12.0 Å². The molecule has 6 heteroatoms. The number of carbonyl (C=O) groups excluding carboxylic acids is 1. The van der Waals surface area contributed by atoms with Crippen molar-refractivity contribution in [2.75, 3.05) is 13.7 Å². The Morgan fingerprint density at radius 1 is 1.29 bits per heavy atom. The summed E-state index contributed by atoms with van der Waals surface area (Å²) in [6.07, 6.45) is 0.890. The molecule has 2 unspecified atom stereocenters. The maximum absolute atomic E-state index is 11.8. The fraction of sp³-hybridized carbons (Fsp3) is 0.467. The summed E-state index contributed by atoms with van der Waals surface area (Å²) in [6, 6.07) is 8.32. The molecule has 116 valence electrons. The summed E-state index contributed by atoms with van der Waals surface area (Å²) in [5, 5.41) is 11.5. The summed E-state index contributed by atoms with van der Waals surface area (Å²) >= 11 is 0. The maximum atomic E-state index is 11.8. The van der Waals surface area contributed by atoms with E-state index in [2.05, 4.69) is 5.32 Å². The smallest absolute Gasteiger partial charge is 0.326 e. The number of hydrogen-bond acceptors (Lipinski definition) is 4. The van der Waals surface area contributed by atoms with E-state index in [4.69, 9.17) is 15.6 Å². The van der Waals surface area contributed by atoms with Crippen LogP contribution in [-0.4, -0.2) is 36.7 Å². The summed E-state index contributed by atoms with van der Waals surface area (Å²) in [5.74, 6) is -1.38. The van der Waals surface area contributed by atoms with Gasteiger partial charge in [-0.2, -0.15) is 0 Å². The minimum atomic E-state index is -1.06. The molecule has 0 saturated heterocycles. The van der Waals surface area contributed by atoms with Crippen LogP contribution in [0.3, 0.4) is 0 Å². The first-order valence-corrected chi connectivity index (χ1v) is 6.86. The van der Waals surface area contributed by atoms with Gasteiger partial charge in [0.15, 0.2) is 0 Å². The fourth-order valence-corrected chi connectivity index (χ4v) is 1.91. The second-order valence-electron chi connectivity index (χ2n) is 4.80. The molecule has 1 amide bonds. The molecule has 0 aromatic heterocycles. The molecule has 0 saturated carbocycles. The molecular weight excluding hydrogens is 272 g/mol. The van der Waals surface area contributed by atoms with Crippen molar-refractivity contribution in [3.8, 4) is 0 Å². The Kier molecular flexibility index (Phi) is 7.42. The van der Waals surface area contributed by atoms with E-state index in [-0.39, 0.29) is 31.4 Å². The molecule has 0 aliphatic heterocycles. The van der Waals surface area contributed by atoms with Crippen molar-refractivity contribution in [2.45, 2.75) is 31.3 Å². The number of benzene rings is 1. The molecule has 0 aliphatic carbocycles. The molecule has 6 nitrogen and oxygen atoms in total. The number of carboxylic acids is 1. The molecule has 4 N–H and O–H groups in total. The Balaban J connectivity index is 2.40. The monoisotopic (exact) mass is 294 g/mol. The molecular formula is C15H22N2O4.